The third kappa shape index (κ3) is 2.53. The Balaban J connectivity index is 2.11. The van der Waals surface area contributed by atoms with E-state index in [4.69, 9.17) is 4.74 Å². The molecule has 0 unspecified atom stereocenters. The van der Waals surface area contributed by atoms with E-state index in [1.165, 1.54) is 6.20 Å². The predicted octanol–water partition coefficient (Wildman–Crippen LogP) is 1.14. The monoisotopic (exact) mass is 248 g/mol. The fraction of sp³-hybridized carbons (Fsp3) is 0.333. The molecule has 1 N–H and O–H groups in total. The number of hydrogen-bond acceptors (Lipinski definition) is 4. The number of rotatable bonds is 5. The van der Waals surface area contributed by atoms with E-state index in [1.54, 1.807) is 18.7 Å². The van der Waals surface area contributed by atoms with E-state index in [2.05, 4.69) is 10.5 Å². The molecule has 0 amide bonds. The van der Waals surface area contributed by atoms with Crippen LogP contribution >= 0.6 is 0 Å². The van der Waals surface area contributed by atoms with Gasteiger partial charge in [-0.05, 0) is 19.1 Å². The van der Waals surface area contributed by atoms with Gasteiger partial charge in [-0.3, -0.25) is 9.36 Å². The average Bonchev–Trinajstić information content (AvgIpc) is 2.96. The third-order valence-electron chi connectivity index (χ3n) is 2.59. The molecule has 6 heteroatoms. The van der Waals surface area contributed by atoms with Crippen LogP contribution in [0, 0.1) is 0 Å². The molecule has 0 saturated carbocycles. The molecule has 0 aliphatic heterocycles. The van der Waals surface area contributed by atoms with Gasteiger partial charge >= 0.3 is 5.97 Å². The second kappa shape index (κ2) is 5.39. The van der Waals surface area contributed by atoms with Crippen molar-refractivity contribution >= 4 is 5.97 Å². The first kappa shape index (κ1) is 12.2. The summed E-state index contributed by atoms with van der Waals surface area (Å²) in [5.41, 5.74) is 4.45. The van der Waals surface area contributed by atoms with Crippen molar-refractivity contribution in [2.45, 2.75) is 13.5 Å². The Morgan fingerprint density at radius 3 is 2.83 bits per heavy atom. The maximum atomic E-state index is 11.7. The van der Waals surface area contributed by atoms with Crippen molar-refractivity contribution in [3.8, 4) is 0 Å². The maximum Gasteiger partial charge on any atom is 0.341 e. The molecule has 2 aromatic rings. The lowest BCUT2D eigenvalue weighted by Crippen LogP contribution is -2.17. The number of aromatic nitrogens is 3. The van der Waals surface area contributed by atoms with Crippen molar-refractivity contribution < 1.29 is 9.53 Å². The van der Waals surface area contributed by atoms with Crippen LogP contribution in [-0.2, 0) is 18.3 Å². The molecule has 0 aromatic carbocycles. The van der Waals surface area contributed by atoms with Gasteiger partial charge < -0.3 is 10.2 Å². The Morgan fingerprint density at radius 2 is 2.17 bits per heavy atom. The molecule has 0 atom stereocenters. The largest absolute Gasteiger partial charge is 0.462 e. The van der Waals surface area contributed by atoms with E-state index < -0.39 is 0 Å². The van der Waals surface area contributed by atoms with Gasteiger partial charge in [-0.15, -0.1) is 0 Å². The molecule has 0 bridgehead atoms. The summed E-state index contributed by atoms with van der Waals surface area (Å²) in [7, 11) is 1.80. The van der Waals surface area contributed by atoms with E-state index in [0.29, 0.717) is 18.7 Å². The zero-order valence-electron chi connectivity index (χ0n) is 10.5. The lowest BCUT2D eigenvalue weighted by Gasteiger charge is -2.09. The molecular weight excluding hydrogens is 232 g/mol. The average molecular weight is 248 g/mol. The lowest BCUT2D eigenvalue weighted by molar-refractivity contribution is 0.0525. The highest BCUT2D eigenvalue weighted by molar-refractivity contribution is 5.90. The third-order valence-corrected chi connectivity index (χ3v) is 2.59. The molecule has 2 aromatic heterocycles. The topological polar surface area (TPSA) is 61.1 Å². The molecule has 0 fully saturated rings. The number of esters is 1. The fourth-order valence-electron chi connectivity index (χ4n) is 1.66. The number of ether oxygens (including phenoxy) is 1. The van der Waals surface area contributed by atoms with E-state index in [1.807, 2.05) is 29.2 Å². The van der Waals surface area contributed by atoms with Gasteiger partial charge in [0.2, 0.25) is 0 Å². The molecule has 0 spiro atoms. The van der Waals surface area contributed by atoms with Crippen LogP contribution in [0.1, 0.15) is 23.0 Å². The zero-order chi connectivity index (χ0) is 13.0. The number of nitrogens with zero attached hydrogens (tertiary/aromatic N) is 3. The molecule has 18 heavy (non-hydrogen) atoms. The number of carbonyl (C=O) groups excluding carboxylic acids is 1. The van der Waals surface area contributed by atoms with Crippen LogP contribution in [0.4, 0.5) is 0 Å². The molecule has 96 valence electrons. The summed E-state index contributed by atoms with van der Waals surface area (Å²) in [6.07, 6.45) is 5.31. The SMILES string of the molecule is CCOC(=O)c1cnn(C)c1CNn1cccc1. The van der Waals surface area contributed by atoms with Crippen LogP contribution in [0.2, 0.25) is 0 Å². The Bertz CT molecular complexity index is 516. The smallest absolute Gasteiger partial charge is 0.341 e. The first-order valence-electron chi connectivity index (χ1n) is 5.77. The van der Waals surface area contributed by atoms with Crippen molar-refractivity contribution in [3.63, 3.8) is 0 Å². The minimum Gasteiger partial charge on any atom is -0.462 e. The Hall–Kier alpha value is -2.24. The summed E-state index contributed by atoms with van der Waals surface area (Å²) < 4.78 is 8.48. The molecule has 0 aliphatic carbocycles. The number of carbonyl (C=O) groups is 1. The molecule has 6 nitrogen and oxygen atoms in total. The highest BCUT2D eigenvalue weighted by atomic mass is 16.5. The second-order valence-corrected chi connectivity index (χ2v) is 3.77. The molecule has 2 heterocycles. The first-order chi connectivity index (χ1) is 8.72. The van der Waals surface area contributed by atoms with E-state index in [-0.39, 0.29) is 5.97 Å². The highest BCUT2D eigenvalue weighted by Gasteiger charge is 2.16. The summed E-state index contributed by atoms with van der Waals surface area (Å²) in [5.74, 6) is -0.338. The first-order valence-corrected chi connectivity index (χ1v) is 5.77. The van der Waals surface area contributed by atoms with E-state index in [0.717, 1.165) is 5.69 Å². The summed E-state index contributed by atoms with van der Waals surface area (Å²) in [4.78, 5) is 11.7. The van der Waals surface area contributed by atoms with Crippen molar-refractivity contribution in [1.29, 1.82) is 0 Å². The standard InChI is InChI=1S/C12H16N4O2/c1-3-18-12(17)10-8-13-15(2)11(10)9-14-16-6-4-5-7-16/h4-8,14H,3,9H2,1-2H3. The summed E-state index contributed by atoms with van der Waals surface area (Å²) >= 11 is 0. The van der Waals surface area contributed by atoms with Gasteiger partial charge in [0.05, 0.1) is 25.0 Å². The van der Waals surface area contributed by atoms with Crippen LogP contribution < -0.4 is 5.43 Å². The molecule has 0 radical (unpaired) electrons. The molecular formula is C12H16N4O2. The van der Waals surface area contributed by atoms with Gasteiger partial charge in [0.15, 0.2) is 0 Å². The minimum absolute atomic E-state index is 0.338. The Kier molecular flexibility index (Phi) is 3.66. The van der Waals surface area contributed by atoms with Gasteiger partial charge in [0.1, 0.15) is 5.56 Å². The normalized spacial score (nSPS) is 10.3. The zero-order valence-corrected chi connectivity index (χ0v) is 10.5. The number of aryl methyl sites for hydroxylation is 1. The second-order valence-electron chi connectivity index (χ2n) is 3.77. The van der Waals surface area contributed by atoms with Crippen LogP contribution in [0.15, 0.2) is 30.7 Å². The minimum atomic E-state index is -0.338. The van der Waals surface area contributed by atoms with Gasteiger partial charge in [0, 0.05) is 19.4 Å². The van der Waals surface area contributed by atoms with Crippen molar-refractivity contribution in [3.05, 3.63) is 42.0 Å². The highest BCUT2D eigenvalue weighted by Crippen LogP contribution is 2.09. The maximum absolute atomic E-state index is 11.7. The number of hydrogen-bond donors (Lipinski definition) is 1. The van der Waals surface area contributed by atoms with Crippen molar-refractivity contribution in [2.24, 2.45) is 7.05 Å². The summed E-state index contributed by atoms with van der Waals surface area (Å²) in [6.45, 7) is 2.64. The van der Waals surface area contributed by atoms with Crippen LogP contribution in [-0.4, -0.2) is 27.0 Å². The van der Waals surface area contributed by atoms with Gasteiger partial charge in [-0.25, -0.2) is 4.79 Å². The van der Waals surface area contributed by atoms with Gasteiger partial charge in [-0.2, -0.15) is 5.10 Å². The quantitative estimate of drug-likeness (QED) is 0.806. The summed E-state index contributed by atoms with van der Waals surface area (Å²) in [5, 5.41) is 4.09. The molecule has 2 rings (SSSR count). The van der Waals surface area contributed by atoms with Crippen LogP contribution in [0.5, 0.6) is 0 Å². The van der Waals surface area contributed by atoms with Gasteiger partial charge in [-0.1, -0.05) is 0 Å². The Labute approximate surface area is 105 Å². The van der Waals surface area contributed by atoms with Crippen LogP contribution in [0.25, 0.3) is 0 Å². The van der Waals surface area contributed by atoms with Crippen molar-refractivity contribution in [1.82, 2.24) is 14.5 Å². The molecule has 0 aliphatic rings. The number of nitrogens with one attached hydrogen (secondary N) is 1. The fourth-order valence-corrected chi connectivity index (χ4v) is 1.66. The van der Waals surface area contributed by atoms with Gasteiger partial charge in [0.25, 0.3) is 0 Å². The summed E-state index contributed by atoms with van der Waals surface area (Å²) in [6, 6.07) is 3.84. The molecule has 0 saturated heterocycles. The predicted molar refractivity (Wildman–Crippen MR) is 66.7 cm³/mol. The Morgan fingerprint density at radius 1 is 1.44 bits per heavy atom. The van der Waals surface area contributed by atoms with E-state index >= 15 is 0 Å². The van der Waals surface area contributed by atoms with Crippen LogP contribution in [0.3, 0.4) is 0 Å². The van der Waals surface area contributed by atoms with E-state index in [9.17, 15) is 4.79 Å². The lowest BCUT2D eigenvalue weighted by atomic mass is 10.2. The van der Waals surface area contributed by atoms with Crippen molar-refractivity contribution in [2.75, 3.05) is 12.0 Å².